The van der Waals surface area contributed by atoms with Gasteiger partial charge >= 0.3 is 6.18 Å². The second-order valence-corrected chi connectivity index (χ2v) is 6.98. The Hall–Kier alpha value is -3.36. The Morgan fingerprint density at radius 2 is 1.57 bits per heavy atom. The first kappa shape index (κ1) is 19.9. The lowest BCUT2D eigenvalue weighted by molar-refractivity contribution is -0.137. The summed E-state index contributed by atoms with van der Waals surface area (Å²) in [5.41, 5.74) is 0.534. The van der Waals surface area contributed by atoms with Gasteiger partial charge in [0, 0.05) is 43.5 Å². The van der Waals surface area contributed by atoms with Crippen molar-refractivity contribution in [2.75, 3.05) is 36.0 Å². The molecule has 1 N–H and O–H groups in total. The van der Waals surface area contributed by atoms with Crippen LogP contribution in [0.4, 0.5) is 29.2 Å². The van der Waals surface area contributed by atoms with Crippen LogP contribution in [0.3, 0.4) is 0 Å². The fraction of sp³-hybridized carbons (Fsp3) is 0.238. The van der Waals surface area contributed by atoms with Gasteiger partial charge in [-0.3, -0.25) is 9.78 Å². The zero-order valence-electron chi connectivity index (χ0n) is 15.8. The van der Waals surface area contributed by atoms with E-state index in [-0.39, 0.29) is 11.4 Å². The third-order valence-electron chi connectivity index (χ3n) is 4.99. The van der Waals surface area contributed by atoms with Crippen molar-refractivity contribution in [2.24, 2.45) is 0 Å². The molecule has 0 spiro atoms. The number of nitrogens with one attached hydrogen (secondary N) is 1. The Morgan fingerprint density at radius 1 is 0.900 bits per heavy atom. The minimum Gasteiger partial charge on any atom is -0.368 e. The van der Waals surface area contributed by atoms with Crippen molar-refractivity contribution in [2.45, 2.75) is 6.18 Å². The Morgan fingerprint density at radius 3 is 2.23 bits per heavy atom. The number of nitrogens with zero attached hydrogens (tertiary/aromatic N) is 3. The molecule has 0 bridgehead atoms. The van der Waals surface area contributed by atoms with E-state index in [1.54, 1.807) is 18.2 Å². The van der Waals surface area contributed by atoms with E-state index in [0.29, 0.717) is 49.1 Å². The highest BCUT2D eigenvalue weighted by molar-refractivity contribution is 5.60. The number of aromatic amines is 1. The van der Waals surface area contributed by atoms with Crippen molar-refractivity contribution >= 4 is 11.6 Å². The zero-order valence-corrected chi connectivity index (χ0v) is 15.8. The maximum absolute atomic E-state index is 13.2. The monoisotopic (exact) mass is 418 g/mol. The summed E-state index contributed by atoms with van der Waals surface area (Å²) in [4.78, 5) is 23.0. The molecule has 1 aromatic heterocycles. The van der Waals surface area contributed by atoms with Gasteiger partial charge in [-0.2, -0.15) is 13.2 Å². The molecule has 156 valence electrons. The van der Waals surface area contributed by atoms with E-state index >= 15 is 0 Å². The molecule has 0 saturated carbocycles. The van der Waals surface area contributed by atoms with Crippen LogP contribution in [0.15, 0.2) is 59.4 Å². The number of alkyl halides is 3. The van der Waals surface area contributed by atoms with Crippen LogP contribution in [-0.4, -0.2) is 36.1 Å². The third kappa shape index (κ3) is 4.29. The minimum absolute atomic E-state index is 0.334. The van der Waals surface area contributed by atoms with Crippen molar-refractivity contribution in [3.05, 3.63) is 76.3 Å². The summed E-state index contributed by atoms with van der Waals surface area (Å²) in [5, 5.41) is 0. The SMILES string of the molecule is O=c1cc(-c2ccc(F)cc2)nc(N2CCN(c3cccc(C(F)(F)F)c3)CC2)[nH]1. The van der Waals surface area contributed by atoms with Crippen LogP contribution in [0.25, 0.3) is 11.3 Å². The molecular formula is C21H18F4N4O. The summed E-state index contributed by atoms with van der Waals surface area (Å²) in [6, 6.07) is 12.3. The molecule has 2 aromatic carbocycles. The maximum Gasteiger partial charge on any atom is 0.416 e. The molecule has 5 nitrogen and oxygen atoms in total. The molecule has 4 rings (SSSR count). The lowest BCUT2D eigenvalue weighted by Gasteiger charge is -2.36. The Labute approximate surface area is 169 Å². The summed E-state index contributed by atoms with van der Waals surface area (Å²) in [5.74, 6) is 0.0000423. The predicted octanol–water partition coefficient (Wildman–Crippen LogP) is 3.92. The molecule has 0 amide bonds. The summed E-state index contributed by atoms with van der Waals surface area (Å²) in [7, 11) is 0. The van der Waals surface area contributed by atoms with Crippen molar-refractivity contribution in [1.29, 1.82) is 0 Å². The first-order valence-electron chi connectivity index (χ1n) is 9.34. The summed E-state index contributed by atoms with van der Waals surface area (Å²) in [6.07, 6.45) is -4.39. The second kappa shape index (κ2) is 7.81. The topological polar surface area (TPSA) is 52.2 Å². The summed E-state index contributed by atoms with van der Waals surface area (Å²) >= 11 is 0. The van der Waals surface area contributed by atoms with Gasteiger partial charge in [0.15, 0.2) is 0 Å². The highest BCUT2D eigenvalue weighted by atomic mass is 19.4. The Kier molecular flexibility index (Phi) is 5.19. The highest BCUT2D eigenvalue weighted by Gasteiger charge is 2.31. The van der Waals surface area contributed by atoms with Gasteiger partial charge in [0.05, 0.1) is 11.3 Å². The van der Waals surface area contributed by atoms with Crippen molar-refractivity contribution < 1.29 is 17.6 Å². The fourth-order valence-electron chi connectivity index (χ4n) is 3.42. The smallest absolute Gasteiger partial charge is 0.368 e. The van der Waals surface area contributed by atoms with E-state index in [9.17, 15) is 22.4 Å². The molecular weight excluding hydrogens is 400 g/mol. The number of anilines is 2. The van der Waals surface area contributed by atoms with Crippen LogP contribution < -0.4 is 15.4 Å². The number of benzene rings is 2. The van der Waals surface area contributed by atoms with E-state index < -0.39 is 11.7 Å². The molecule has 9 heteroatoms. The molecule has 1 aliphatic rings. The van der Waals surface area contributed by atoms with Crippen LogP contribution in [0.1, 0.15) is 5.56 Å². The van der Waals surface area contributed by atoms with Crippen LogP contribution >= 0.6 is 0 Å². The Balaban J connectivity index is 1.51. The van der Waals surface area contributed by atoms with E-state index in [0.717, 1.165) is 12.1 Å². The van der Waals surface area contributed by atoms with Gasteiger partial charge in [-0.1, -0.05) is 6.07 Å². The average Bonchev–Trinajstić information content (AvgIpc) is 2.73. The van der Waals surface area contributed by atoms with Gasteiger partial charge in [0.2, 0.25) is 5.95 Å². The van der Waals surface area contributed by atoms with Gasteiger partial charge in [0.1, 0.15) is 5.82 Å². The largest absolute Gasteiger partial charge is 0.416 e. The van der Waals surface area contributed by atoms with Gasteiger partial charge in [-0.15, -0.1) is 0 Å². The Bertz CT molecular complexity index is 1090. The first-order valence-corrected chi connectivity index (χ1v) is 9.34. The predicted molar refractivity (Wildman–Crippen MR) is 106 cm³/mol. The van der Waals surface area contributed by atoms with Crippen LogP contribution in [-0.2, 0) is 6.18 Å². The number of hydrogen-bond donors (Lipinski definition) is 1. The number of H-pyrrole nitrogens is 1. The molecule has 0 aliphatic carbocycles. The minimum atomic E-state index is -4.39. The van der Waals surface area contributed by atoms with E-state index in [1.807, 2.05) is 9.80 Å². The molecule has 1 saturated heterocycles. The molecule has 30 heavy (non-hydrogen) atoms. The standard InChI is InChI=1S/C21H18F4N4O/c22-16-6-4-14(5-7-16)18-13-19(30)27-20(26-18)29-10-8-28(9-11-29)17-3-1-2-15(12-17)21(23,24)25/h1-7,12-13H,8-11H2,(H,26,27,30). The van der Waals surface area contributed by atoms with E-state index in [1.165, 1.54) is 24.3 Å². The van der Waals surface area contributed by atoms with Crippen LogP contribution in [0, 0.1) is 5.82 Å². The number of rotatable bonds is 3. The van der Waals surface area contributed by atoms with Gasteiger partial charge < -0.3 is 9.80 Å². The van der Waals surface area contributed by atoms with Crippen LogP contribution in [0.2, 0.25) is 0 Å². The normalized spacial score (nSPS) is 14.8. The molecule has 3 aromatic rings. The average molecular weight is 418 g/mol. The van der Waals surface area contributed by atoms with Gasteiger partial charge in [-0.05, 0) is 42.5 Å². The lowest BCUT2D eigenvalue weighted by Crippen LogP contribution is -2.47. The van der Waals surface area contributed by atoms with Crippen molar-refractivity contribution in [3.63, 3.8) is 0 Å². The number of hydrogen-bond acceptors (Lipinski definition) is 4. The zero-order chi connectivity index (χ0) is 21.3. The third-order valence-corrected chi connectivity index (χ3v) is 4.99. The molecule has 0 radical (unpaired) electrons. The summed E-state index contributed by atoms with van der Waals surface area (Å²) in [6.45, 7) is 1.91. The van der Waals surface area contributed by atoms with Crippen molar-refractivity contribution in [3.8, 4) is 11.3 Å². The molecule has 1 aliphatic heterocycles. The molecule has 0 atom stereocenters. The fourth-order valence-corrected chi connectivity index (χ4v) is 3.42. The number of piperazine rings is 1. The quantitative estimate of drug-likeness (QED) is 0.655. The highest BCUT2D eigenvalue weighted by Crippen LogP contribution is 2.32. The van der Waals surface area contributed by atoms with E-state index in [4.69, 9.17) is 0 Å². The maximum atomic E-state index is 13.2. The van der Waals surface area contributed by atoms with Crippen molar-refractivity contribution in [1.82, 2.24) is 9.97 Å². The number of halogens is 4. The first-order chi connectivity index (χ1) is 14.3. The van der Waals surface area contributed by atoms with Gasteiger partial charge in [0.25, 0.3) is 5.56 Å². The van der Waals surface area contributed by atoms with Gasteiger partial charge in [-0.25, -0.2) is 9.37 Å². The van der Waals surface area contributed by atoms with Crippen LogP contribution in [0.5, 0.6) is 0 Å². The molecule has 2 heterocycles. The lowest BCUT2D eigenvalue weighted by atomic mass is 10.1. The number of aromatic nitrogens is 2. The summed E-state index contributed by atoms with van der Waals surface area (Å²) < 4.78 is 52.1. The molecule has 1 fully saturated rings. The van der Waals surface area contributed by atoms with E-state index in [2.05, 4.69) is 9.97 Å². The second-order valence-electron chi connectivity index (χ2n) is 6.98. The molecule has 0 unspecified atom stereocenters.